The van der Waals surface area contributed by atoms with Crippen molar-refractivity contribution in [2.24, 2.45) is 0 Å². The van der Waals surface area contributed by atoms with Crippen LogP contribution in [0.5, 0.6) is 0 Å². The Morgan fingerprint density at radius 1 is 1.27 bits per heavy atom. The van der Waals surface area contributed by atoms with Gasteiger partial charge in [-0.05, 0) is 0 Å². The first-order valence-corrected chi connectivity index (χ1v) is 3.60. The Hall–Kier alpha value is 0.426. The molecule has 0 aliphatic heterocycles. The van der Waals surface area contributed by atoms with E-state index < -0.39 is 0 Å². The van der Waals surface area contributed by atoms with Crippen LogP contribution in [0.15, 0.2) is 12.7 Å². The molecule has 0 fully saturated rings. The molecule has 11 heavy (non-hydrogen) atoms. The second kappa shape index (κ2) is 22.4. The molecule has 0 heterocycles. The smallest absolute Gasteiger partial charge is 0.854 e. The summed E-state index contributed by atoms with van der Waals surface area (Å²) in [6.45, 7) is 5.20. The number of hydrogen-bond donors (Lipinski definition) is 0. The topological polar surface area (TPSA) is 46.1 Å². The van der Waals surface area contributed by atoms with E-state index in [9.17, 15) is 10.2 Å². The molecule has 0 aliphatic carbocycles. The van der Waals surface area contributed by atoms with Crippen LogP contribution in [0.1, 0.15) is 26.2 Å². The van der Waals surface area contributed by atoms with Gasteiger partial charge in [0, 0.05) is 0 Å². The van der Waals surface area contributed by atoms with Crippen molar-refractivity contribution in [3.8, 4) is 0 Å². The van der Waals surface area contributed by atoms with Gasteiger partial charge in [0.05, 0.1) is 0 Å². The van der Waals surface area contributed by atoms with Gasteiger partial charge in [-0.1, -0.05) is 26.2 Å². The first kappa shape index (κ1) is 17.5. The van der Waals surface area contributed by atoms with Crippen LogP contribution in [0.25, 0.3) is 0 Å². The third-order valence-electron chi connectivity index (χ3n) is 0.866. The van der Waals surface area contributed by atoms with E-state index in [1.165, 1.54) is 6.08 Å². The van der Waals surface area contributed by atoms with Crippen molar-refractivity contribution < 1.29 is 10.2 Å². The Bertz CT molecular complexity index is 54.1. The van der Waals surface area contributed by atoms with Gasteiger partial charge in [-0.25, -0.2) is 0 Å². The van der Waals surface area contributed by atoms with Gasteiger partial charge in [0.2, 0.25) is 0 Å². The van der Waals surface area contributed by atoms with Crippen molar-refractivity contribution in [3.05, 3.63) is 12.7 Å². The number of hydrogen-bond acceptors (Lipinski definition) is 2. The van der Waals surface area contributed by atoms with Gasteiger partial charge in [0.1, 0.15) is 0 Å². The van der Waals surface area contributed by atoms with E-state index in [1.807, 2.05) is 0 Å². The molecule has 0 aromatic rings. The number of unbranched alkanes of at least 4 members (excludes halogenated alkanes) is 2. The molecule has 0 bridgehead atoms. The van der Waals surface area contributed by atoms with Gasteiger partial charge < -0.3 is 10.2 Å². The predicted molar refractivity (Wildman–Crippen MR) is 45.2 cm³/mol. The van der Waals surface area contributed by atoms with Crippen LogP contribution < -0.4 is 10.2 Å². The van der Waals surface area contributed by atoms with E-state index in [0.29, 0.717) is 0 Å². The first-order valence-electron chi connectivity index (χ1n) is 3.60. The third-order valence-corrected chi connectivity index (χ3v) is 0.866. The summed E-state index contributed by atoms with van der Waals surface area (Å²) in [6.07, 6.45) is 4.43. The molecule has 0 saturated heterocycles. The van der Waals surface area contributed by atoms with Gasteiger partial charge >= 0.3 is 23.1 Å². The quantitative estimate of drug-likeness (QED) is 0.328. The van der Waals surface area contributed by atoms with Crippen LogP contribution in [0.4, 0.5) is 0 Å². The molecular weight excluding hydrogens is 152 g/mol. The average Bonchev–Trinajstić information content (AvgIpc) is 2.01. The zero-order chi connectivity index (χ0) is 8.24. The molecule has 2 nitrogen and oxygen atoms in total. The summed E-state index contributed by atoms with van der Waals surface area (Å²) >= 11 is 0. The molecule has 3 heteroatoms. The van der Waals surface area contributed by atoms with Gasteiger partial charge in [0.25, 0.3) is 0 Å². The van der Waals surface area contributed by atoms with Gasteiger partial charge in [-0.15, -0.1) is 25.9 Å². The van der Waals surface area contributed by atoms with Crippen molar-refractivity contribution in [2.45, 2.75) is 26.2 Å². The standard InChI is InChI=1S/C5H11O.C3H5O.Mg/c1-2-3-4-5-6;1-2-3-4;/h2-5H2,1H3;2H,1,3H2;/q2*-1;+2. The minimum atomic E-state index is -0.167. The fraction of sp³-hybridized carbons (Fsp3) is 0.750. The molecule has 0 radical (unpaired) electrons. The average molecular weight is 169 g/mol. The van der Waals surface area contributed by atoms with E-state index in [4.69, 9.17) is 0 Å². The maximum absolute atomic E-state index is 9.69. The van der Waals surface area contributed by atoms with E-state index >= 15 is 0 Å². The second-order valence-corrected chi connectivity index (χ2v) is 1.87. The number of rotatable bonds is 4. The normalized spacial score (nSPS) is 7.18. The van der Waals surface area contributed by atoms with Crippen molar-refractivity contribution in [1.29, 1.82) is 0 Å². The molecule has 0 atom stereocenters. The van der Waals surface area contributed by atoms with Crippen LogP contribution in [0.2, 0.25) is 0 Å². The Balaban J connectivity index is -0.000000114. The van der Waals surface area contributed by atoms with Crippen molar-refractivity contribution >= 4 is 23.1 Å². The summed E-state index contributed by atoms with van der Waals surface area (Å²) in [7, 11) is 0. The van der Waals surface area contributed by atoms with E-state index in [0.717, 1.165) is 19.3 Å². The molecule has 0 aromatic carbocycles. The first-order chi connectivity index (χ1) is 4.83. The van der Waals surface area contributed by atoms with Crippen molar-refractivity contribution in [2.75, 3.05) is 13.2 Å². The molecule has 0 saturated carbocycles. The van der Waals surface area contributed by atoms with Crippen LogP contribution in [-0.2, 0) is 0 Å². The third kappa shape index (κ3) is 37.8. The van der Waals surface area contributed by atoms with Crippen LogP contribution in [0.3, 0.4) is 0 Å². The molecular formula is C8H16MgO2. The van der Waals surface area contributed by atoms with E-state index in [-0.39, 0.29) is 36.3 Å². The molecule has 0 aliphatic rings. The predicted octanol–water partition coefficient (Wildman–Crippen LogP) is -0.311. The fourth-order valence-electron chi connectivity index (χ4n) is 0.352. The monoisotopic (exact) mass is 168 g/mol. The molecule has 62 valence electrons. The Morgan fingerprint density at radius 3 is 1.82 bits per heavy atom. The SMILES string of the molecule is C=CC[O-].CCCCC[O-].[Mg+2]. The van der Waals surface area contributed by atoms with E-state index in [2.05, 4.69) is 13.5 Å². The summed E-state index contributed by atoms with van der Waals surface area (Å²) in [6, 6.07) is 0. The Morgan fingerprint density at radius 2 is 1.73 bits per heavy atom. The van der Waals surface area contributed by atoms with Gasteiger partial charge in [0.15, 0.2) is 0 Å². The molecule has 0 rings (SSSR count). The maximum atomic E-state index is 9.69. The Kier molecular flexibility index (Phi) is 35.7. The van der Waals surface area contributed by atoms with E-state index in [1.54, 1.807) is 0 Å². The minimum absolute atomic E-state index is 0. The van der Waals surface area contributed by atoms with Crippen LogP contribution >= 0.6 is 0 Å². The van der Waals surface area contributed by atoms with Crippen molar-refractivity contribution in [1.82, 2.24) is 0 Å². The minimum Gasteiger partial charge on any atom is -0.854 e. The Labute approximate surface area is 85.5 Å². The molecule has 0 unspecified atom stereocenters. The molecule has 0 spiro atoms. The molecule has 0 aromatic heterocycles. The summed E-state index contributed by atoms with van der Waals surface area (Å²) in [5.41, 5.74) is 0. The van der Waals surface area contributed by atoms with Crippen LogP contribution in [0, 0.1) is 0 Å². The summed E-state index contributed by atoms with van der Waals surface area (Å²) in [5, 5.41) is 18.9. The maximum Gasteiger partial charge on any atom is 2.00 e. The van der Waals surface area contributed by atoms with Gasteiger partial charge in [-0.3, -0.25) is 0 Å². The van der Waals surface area contributed by atoms with Crippen molar-refractivity contribution in [3.63, 3.8) is 0 Å². The summed E-state index contributed by atoms with van der Waals surface area (Å²) in [4.78, 5) is 0. The zero-order valence-electron chi connectivity index (χ0n) is 7.34. The summed E-state index contributed by atoms with van der Waals surface area (Å²) < 4.78 is 0. The van der Waals surface area contributed by atoms with Gasteiger partial charge in [-0.2, -0.15) is 0 Å². The molecule has 0 amide bonds. The fourth-order valence-corrected chi connectivity index (χ4v) is 0.352. The molecule has 0 N–H and O–H groups in total. The van der Waals surface area contributed by atoms with Crippen LogP contribution in [-0.4, -0.2) is 36.3 Å². The zero-order valence-corrected chi connectivity index (χ0v) is 8.76. The largest absolute Gasteiger partial charge is 2.00 e. The summed E-state index contributed by atoms with van der Waals surface area (Å²) in [5.74, 6) is 0. The second-order valence-electron chi connectivity index (χ2n) is 1.87.